The molecule has 0 saturated carbocycles. The highest BCUT2D eigenvalue weighted by atomic mass is 16.5. The number of hydrogen-bond donors (Lipinski definition) is 1. The van der Waals surface area contributed by atoms with E-state index in [4.69, 9.17) is 4.74 Å². The number of nitrogens with one attached hydrogen (secondary N) is 1. The SMILES string of the molecule is O=C(Cn1ccc(=O)[nH]c1=O)OCC(=O)N1CC=C(c2ccccc2)CC1. The summed E-state index contributed by atoms with van der Waals surface area (Å²) in [5, 5.41) is 0. The Morgan fingerprint density at radius 2 is 1.89 bits per heavy atom. The summed E-state index contributed by atoms with van der Waals surface area (Å²) in [4.78, 5) is 50.2. The van der Waals surface area contributed by atoms with E-state index in [1.807, 2.05) is 41.4 Å². The number of amides is 1. The molecule has 1 aromatic carbocycles. The number of hydrogen-bond acceptors (Lipinski definition) is 5. The number of rotatable bonds is 5. The van der Waals surface area contributed by atoms with Gasteiger partial charge in [0.05, 0.1) is 0 Å². The first-order valence-corrected chi connectivity index (χ1v) is 8.50. The smallest absolute Gasteiger partial charge is 0.328 e. The van der Waals surface area contributed by atoms with Crippen LogP contribution in [0.1, 0.15) is 12.0 Å². The van der Waals surface area contributed by atoms with Crippen molar-refractivity contribution in [3.8, 4) is 0 Å². The van der Waals surface area contributed by atoms with Crippen LogP contribution in [-0.2, 0) is 20.9 Å². The van der Waals surface area contributed by atoms with Crippen molar-refractivity contribution in [2.24, 2.45) is 0 Å². The van der Waals surface area contributed by atoms with Crippen molar-refractivity contribution in [2.45, 2.75) is 13.0 Å². The Morgan fingerprint density at radius 3 is 2.56 bits per heavy atom. The van der Waals surface area contributed by atoms with Crippen LogP contribution in [0.25, 0.3) is 5.57 Å². The first kappa shape index (κ1) is 18.4. The summed E-state index contributed by atoms with van der Waals surface area (Å²) in [6, 6.07) is 11.1. The van der Waals surface area contributed by atoms with Gasteiger partial charge in [0, 0.05) is 25.4 Å². The number of H-pyrrole nitrogens is 1. The number of aromatic nitrogens is 2. The van der Waals surface area contributed by atoms with Crippen molar-refractivity contribution in [3.05, 3.63) is 75.1 Å². The summed E-state index contributed by atoms with van der Waals surface area (Å²) in [5.74, 6) is -1.02. The summed E-state index contributed by atoms with van der Waals surface area (Å²) >= 11 is 0. The van der Waals surface area contributed by atoms with Gasteiger partial charge in [-0.05, 0) is 17.6 Å². The van der Waals surface area contributed by atoms with Gasteiger partial charge in [0.2, 0.25) is 0 Å². The lowest BCUT2D eigenvalue weighted by atomic mass is 10.00. The van der Waals surface area contributed by atoms with Crippen molar-refractivity contribution < 1.29 is 14.3 Å². The predicted octanol–water partition coefficient (Wildman–Crippen LogP) is 0.396. The molecule has 8 heteroatoms. The Kier molecular flexibility index (Phi) is 5.65. The molecule has 2 heterocycles. The van der Waals surface area contributed by atoms with E-state index >= 15 is 0 Å². The Labute approximate surface area is 154 Å². The van der Waals surface area contributed by atoms with Crippen LogP contribution in [0.3, 0.4) is 0 Å². The number of esters is 1. The third-order valence-corrected chi connectivity index (χ3v) is 4.26. The molecule has 8 nitrogen and oxygen atoms in total. The molecule has 140 valence electrons. The number of ether oxygens (including phenoxy) is 1. The molecular weight excluding hydrogens is 350 g/mol. The molecule has 2 aromatic rings. The van der Waals surface area contributed by atoms with E-state index in [2.05, 4.69) is 0 Å². The molecule has 0 unspecified atom stereocenters. The molecule has 1 aliphatic heterocycles. The second kappa shape index (κ2) is 8.31. The van der Waals surface area contributed by atoms with Gasteiger partial charge in [0.1, 0.15) is 6.54 Å². The lowest BCUT2D eigenvalue weighted by molar-refractivity contribution is -0.152. The monoisotopic (exact) mass is 369 g/mol. The minimum atomic E-state index is -0.727. The zero-order valence-electron chi connectivity index (χ0n) is 14.6. The Hall–Kier alpha value is -3.42. The molecular formula is C19H19N3O5. The summed E-state index contributed by atoms with van der Waals surface area (Å²) in [5.41, 5.74) is 1.07. The third kappa shape index (κ3) is 4.81. The molecule has 1 amide bonds. The average Bonchev–Trinajstić information content (AvgIpc) is 2.69. The largest absolute Gasteiger partial charge is 0.454 e. The molecule has 0 radical (unpaired) electrons. The van der Waals surface area contributed by atoms with Crippen LogP contribution < -0.4 is 11.2 Å². The van der Waals surface area contributed by atoms with Gasteiger partial charge in [-0.1, -0.05) is 36.4 Å². The molecule has 0 fully saturated rings. The van der Waals surface area contributed by atoms with E-state index in [-0.39, 0.29) is 19.1 Å². The highest BCUT2D eigenvalue weighted by Gasteiger charge is 2.19. The van der Waals surface area contributed by atoms with Crippen molar-refractivity contribution in [3.63, 3.8) is 0 Å². The van der Waals surface area contributed by atoms with E-state index in [0.717, 1.165) is 22.6 Å². The first-order valence-electron chi connectivity index (χ1n) is 8.50. The number of carbonyl (C=O) groups excluding carboxylic acids is 2. The fourth-order valence-corrected chi connectivity index (χ4v) is 2.80. The minimum absolute atomic E-state index is 0.291. The predicted molar refractivity (Wildman–Crippen MR) is 97.9 cm³/mol. The zero-order valence-corrected chi connectivity index (χ0v) is 14.6. The van der Waals surface area contributed by atoms with Gasteiger partial charge >= 0.3 is 11.7 Å². The van der Waals surface area contributed by atoms with Crippen molar-refractivity contribution in [2.75, 3.05) is 19.7 Å². The molecule has 1 aliphatic rings. The van der Waals surface area contributed by atoms with Gasteiger partial charge < -0.3 is 9.64 Å². The molecule has 27 heavy (non-hydrogen) atoms. The molecule has 0 atom stereocenters. The van der Waals surface area contributed by atoms with Gasteiger partial charge in [-0.15, -0.1) is 0 Å². The highest BCUT2D eigenvalue weighted by molar-refractivity contribution is 5.81. The molecule has 0 spiro atoms. The van der Waals surface area contributed by atoms with Crippen LogP contribution in [-0.4, -0.2) is 46.0 Å². The van der Waals surface area contributed by atoms with Crippen molar-refractivity contribution >= 4 is 17.4 Å². The van der Waals surface area contributed by atoms with Crippen LogP contribution in [0.2, 0.25) is 0 Å². The topological polar surface area (TPSA) is 101 Å². The first-order chi connectivity index (χ1) is 13.0. The highest BCUT2D eigenvalue weighted by Crippen LogP contribution is 2.21. The maximum absolute atomic E-state index is 12.2. The van der Waals surface area contributed by atoms with Crippen molar-refractivity contribution in [1.82, 2.24) is 14.5 Å². The fraction of sp³-hybridized carbons (Fsp3) is 0.263. The summed E-state index contributed by atoms with van der Waals surface area (Å²) in [6.45, 7) is 0.253. The van der Waals surface area contributed by atoms with Crippen LogP contribution in [0.5, 0.6) is 0 Å². The molecule has 3 rings (SSSR count). The second-order valence-corrected chi connectivity index (χ2v) is 6.08. The number of nitrogens with zero attached hydrogens (tertiary/aromatic N) is 2. The maximum atomic E-state index is 12.2. The lowest BCUT2D eigenvalue weighted by Crippen LogP contribution is -2.38. The van der Waals surface area contributed by atoms with Gasteiger partial charge in [0.15, 0.2) is 6.61 Å². The molecule has 0 saturated heterocycles. The Balaban J connectivity index is 1.50. The average molecular weight is 369 g/mol. The number of benzene rings is 1. The lowest BCUT2D eigenvalue weighted by Gasteiger charge is -2.26. The Bertz CT molecular complexity index is 975. The minimum Gasteiger partial charge on any atom is -0.454 e. The molecule has 0 aliphatic carbocycles. The van der Waals surface area contributed by atoms with Crippen LogP contribution in [0.4, 0.5) is 0 Å². The number of carbonyl (C=O) groups is 2. The fourth-order valence-electron chi connectivity index (χ4n) is 2.80. The van der Waals surface area contributed by atoms with Gasteiger partial charge in [0.25, 0.3) is 11.5 Å². The van der Waals surface area contributed by atoms with Gasteiger partial charge in [-0.25, -0.2) is 4.79 Å². The second-order valence-electron chi connectivity index (χ2n) is 6.08. The van der Waals surface area contributed by atoms with E-state index in [1.165, 1.54) is 11.8 Å². The normalized spacial score (nSPS) is 13.8. The van der Waals surface area contributed by atoms with Crippen LogP contribution >= 0.6 is 0 Å². The van der Waals surface area contributed by atoms with Crippen LogP contribution in [0.15, 0.2) is 58.3 Å². The Morgan fingerprint density at radius 1 is 1.11 bits per heavy atom. The summed E-state index contributed by atoms with van der Waals surface area (Å²) in [6.07, 6.45) is 3.93. The van der Waals surface area contributed by atoms with Crippen LogP contribution in [0, 0.1) is 0 Å². The van der Waals surface area contributed by atoms with E-state index in [9.17, 15) is 19.2 Å². The quantitative estimate of drug-likeness (QED) is 0.769. The third-order valence-electron chi connectivity index (χ3n) is 4.26. The molecule has 0 bridgehead atoms. The van der Waals surface area contributed by atoms with Crippen molar-refractivity contribution in [1.29, 1.82) is 0 Å². The maximum Gasteiger partial charge on any atom is 0.328 e. The standard InChI is InChI=1S/C19H19N3O5/c23-16-8-11-22(19(26)20-16)12-18(25)27-13-17(24)21-9-6-15(7-10-21)14-4-2-1-3-5-14/h1-6,8,11H,7,9-10,12-13H2,(H,20,23,26). The van der Waals surface area contributed by atoms with Gasteiger partial charge in [-0.3, -0.25) is 23.9 Å². The molecule has 1 N–H and O–H groups in total. The number of aromatic amines is 1. The van der Waals surface area contributed by atoms with E-state index in [0.29, 0.717) is 13.1 Å². The van der Waals surface area contributed by atoms with Gasteiger partial charge in [-0.2, -0.15) is 0 Å². The van der Waals surface area contributed by atoms with E-state index < -0.39 is 17.2 Å². The van der Waals surface area contributed by atoms with E-state index in [1.54, 1.807) is 4.90 Å². The summed E-state index contributed by atoms with van der Waals surface area (Å²) < 4.78 is 5.96. The summed E-state index contributed by atoms with van der Waals surface area (Å²) in [7, 11) is 0. The molecule has 1 aromatic heterocycles. The zero-order chi connectivity index (χ0) is 19.2.